The standard InChI is InChI=1S/C57H98O5/c1-3-5-7-9-11-13-15-17-19-21-23-25-26-27-28-29-30-32-34-36-38-40-42-44-46-48-50-52-57(60)62-55(53-58)54-61-56(59)51-49-47-45-43-41-39-37-35-33-31-24-22-20-18-16-14-12-10-8-6-4-2/h5,7,11,13,16-19,22-25,33,35,55,58H,3-4,6,8-10,12,14-15,20-21,26-32,34,36-54H2,1-2H3/b7-5-,13-11-,18-16-,19-17-,24-22-,25-23-,35-33-. The number of carbonyl (C=O) groups excluding carboxylic acids is 2. The highest BCUT2D eigenvalue weighted by Gasteiger charge is 2.16. The van der Waals surface area contributed by atoms with E-state index in [0.29, 0.717) is 12.8 Å². The molecule has 62 heavy (non-hydrogen) atoms. The van der Waals surface area contributed by atoms with E-state index < -0.39 is 6.10 Å². The Bertz CT molecular complexity index is 1160. The molecule has 5 heteroatoms. The van der Waals surface area contributed by atoms with E-state index in [0.717, 1.165) is 83.5 Å². The number of rotatable bonds is 47. The Morgan fingerprint density at radius 3 is 1.05 bits per heavy atom. The second kappa shape index (κ2) is 52.4. The Balaban J connectivity index is 3.53. The number of aliphatic hydroxyl groups is 1. The molecule has 1 unspecified atom stereocenters. The first-order valence-corrected chi connectivity index (χ1v) is 26.1. The first kappa shape index (κ1) is 59.1. The van der Waals surface area contributed by atoms with E-state index in [9.17, 15) is 14.7 Å². The maximum absolute atomic E-state index is 12.3. The number of esters is 2. The third kappa shape index (κ3) is 49.7. The van der Waals surface area contributed by atoms with Crippen LogP contribution in [0.1, 0.15) is 245 Å². The van der Waals surface area contributed by atoms with Crippen molar-refractivity contribution >= 4 is 11.9 Å². The maximum Gasteiger partial charge on any atom is 0.306 e. The normalized spacial score (nSPS) is 12.9. The first-order valence-electron chi connectivity index (χ1n) is 26.1. The van der Waals surface area contributed by atoms with Gasteiger partial charge in [-0.25, -0.2) is 0 Å². The van der Waals surface area contributed by atoms with E-state index in [-0.39, 0.29) is 25.2 Å². The topological polar surface area (TPSA) is 72.8 Å². The van der Waals surface area contributed by atoms with Crippen LogP contribution >= 0.6 is 0 Å². The van der Waals surface area contributed by atoms with E-state index in [1.165, 1.54) is 135 Å². The van der Waals surface area contributed by atoms with Gasteiger partial charge in [0.05, 0.1) is 6.61 Å². The van der Waals surface area contributed by atoms with Gasteiger partial charge in [-0.15, -0.1) is 0 Å². The molecule has 0 aromatic rings. The molecule has 0 aromatic heterocycles. The van der Waals surface area contributed by atoms with Crippen molar-refractivity contribution in [3.63, 3.8) is 0 Å². The van der Waals surface area contributed by atoms with Gasteiger partial charge in [-0.3, -0.25) is 9.59 Å². The molecule has 0 spiro atoms. The molecular weight excluding hydrogens is 765 g/mol. The van der Waals surface area contributed by atoms with E-state index >= 15 is 0 Å². The molecule has 0 bridgehead atoms. The van der Waals surface area contributed by atoms with Crippen LogP contribution in [0.5, 0.6) is 0 Å². The van der Waals surface area contributed by atoms with Crippen LogP contribution in [0.15, 0.2) is 85.1 Å². The minimum atomic E-state index is -0.782. The summed E-state index contributed by atoms with van der Waals surface area (Å²) < 4.78 is 10.7. The van der Waals surface area contributed by atoms with Gasteiger partial charge in [-0.05, 0) is 89.9 Å². The second-order valence-electron chi connectivity index (χ2n) is 17.2. The lowest BCUT2D eigenvalue weighted by Gasteiger charge is -2.15. The lowest BCUT2D eigenvalue weighted by Crippen LogP contribution is -2.28. The van der Waals surface area contributed by atoms with Gasteiger partial charge >= 0.3 is 11.9 Å². The Labute approximate surface area is 384 Å². The highest BCUT2D eigenvalue weighted by Crippen LogP contribution is 2.15. The molecule has 356 valence electrons. The third-order valence-corrected chi connectivity index (χ3v) is 11.2. The summed E-state index contributed by atoms with van der Waals surface area (Å²) in [6, 6.07) is 0. The molecule has 0 aliphatic carbocycles. The molecule has 0 rings (SSSR count). The summed E-state index contributed by atoms with van der Waals surface area (Å²) >= 11 is 0. The number of hydrogen-bond donors (Lipinski definition) is 1. The smallest absolute Gasteiger partial charge is 0.306 e. The van der Waals surface area contributed by atoms with Crippen LogP contribution in [0.4, 0.5) is 0 Å². The van der Waals surface area contributed by atoms with E-state index in [1.807, 2.05) is 0 Å². The monoisotopic (exact) mass is 863 g/mol. The van der Waals surface area contributed by atoms with Gasteiger partial charge in [0.2, 0.25) is 0 Å². The van der Waals surface area contributed by atoms with Gasteiger partial charge in [0.15, 0.2) is 6.10 Å². The summed E-state index contributed by atoms with van der Waals surface area (Å²) in [6.07, 6.45) is 72.5. The Morgan fingerprint density at radius 2 is 0.694 bits per heavy atom. The zero-order valence-electron chi connectivity index (χ0n) is 40.6. The molecule has 0 aliphatic heterocycles. The molecule has 0 heterocycles. The van der Waals surface area contributed by atoms with Crippen LogP contribution in [0.3, 0.4) is 0 Å². The second-order valence-corrected chi connectivity index (χ2v) is 17.2. The third-order valence-electron chi connectivity index (χ3n) is 11.2. The Kier molecular flexibility index (Phi) is 50.0. The van der Waals surface area contributed by atoms with E-state index in [2.05, 4.69) is 98.9 Å². The van der Waals surface area contributed by atoms with Crippen LogP contribution in [-0.2, 0) is 19.1 Å². The van der Waals surface area contributed by atoms with Gasteiger partial charge in [0.1, 0.15) is 6.61 Å². The predicted octanol–water partition coefficient (Wildman–Crippen LogP) is 17.4. The zero-order chi connectivity index (χ0) is 44.9. The van der Waals surface area contributed by atoms with Gasteiger partial charge in [-0.2, -0.15) is 0 Å². The van der Waals surface area contributed by atoms with Gasteiger partial charge in [0, 0.05) is 12.8 Å². The van der Waals surface area contributed by atoms with Crippen LogP contribution < -0.4 is 0 Å². The molecule has 0 saturated carbocycles. The van der Waals surface area contributed by atoms with Crippen molar-refractivity contribution in [3.8, 4) is 0 Å². The number of ether oxygens (including phenoxy) is 2. The number of aliphatic hydroxyl groups excluding tert-OH is 1. The summed E-state index contributed by atoms with van der Waals surface area (Å²) in [6.45, 7) is 4.02. The lowest BCUT2D eigenvalue weighted by molar-refractivity contribution is -0.161. The minimum absolute atomic E-state index is 0.0755. The molecule has 0 amide bonds. The predicted molar refractivity (Wildman–Crippen MR) is 269 cm³/mol. The van der Waals surface area contributed by atoms with Crippen molar-refractivity contribution in [1.82, 2.24) is 0 Å². The van der Waals surface area contributed by atoms with Crippen LogP contribution in [0, 0.1) is 0 Å². The molecule has 0 saturated heterocycles. The Hall–Kier alpha value is -2.92. The minimum Gasteiger partial charge on any atom is -0.462 e. The van der Waals surface area contributed by atoms with Gasteiger partial charge in [0.25, 0.3) is 0 Å². The number of carbonyl (C=O) groups is 2. The summed E-state index contributed by atoms with van der Waals surface area (Å²) in [5, 5.41) is 9.63. The van der Waals surface area contributed by atoms with Gasteiger partial charge in [-0.1, -0.05) is 227 Å². The summed E-state index contributed by atoms with van der Waals surface area (Å²) in [5.41, 5.74) is 0. The molecule has 0 aliphatic rings. The highest BCUT2D eigenvalue weighted by molar-refractivity contribution is 5.70. The molecular formula is C57H98O5. The number of allylic oxidation sites excluding steroid dienone is 14. The molecule has 0 radical (unpaired) electrons. The average molecular weight is 863 g/mol. The number of unbranched alkanes of at least 4 members (excludes halogenated alkanes) is 25. The summed E-state index contributed by atoms with van der Waals surface area (Å²) in [4.78, 5) is 24.5. The molecule has 0 aromatic carbocycles. The fourth-order valence-electron chi connectivity index (χ4n) is 7.26. The quantitative estimate of drug-likeness (QED) is 0.0375. The molecule has 0 fully saturated rings. The van der Waals surface area contributed by atoms with Gasteiger partial charge < -0.3 is 14.6 Å². The van der Waals surface area contributed by atoms with Crippen LogP contribution in [0.25, 0.3) is 0 Å². The summed E-state index contributed by atoms with van der Waals surface area (Å²) in [5.74, 6) is -0.604. The molecule has 1 N–H and O–H groups in total. The van der Waals surface area contributed by atoms with Crippen molar-refractivity contribution in [2.24, 2.45) is 0 Å². The zero-order valence-corrected chi connectivity index (χ0v) is 40.6. The lowest BCUT2D eigenvalue weighted by atomic mass is 10.0. The molecule has 1 atom stereocenters. The fraction of sp³-hybridized carbons (Fsp3) is 0.719. The summed E-state index contributed by atoms with van der Waals surface area (Å²) in [7, 11) is 0. The Morgan fingerprint density at radius 1 is 0.387 bits per heavy atom. The SMILES string of the molecule is CC/C=C\C/C=C\C/C=C\C/C=C\CCCCCCCCCCCCCCCCC(=O)OC(CO)COC(=O)CCCCCCCC/C=C\C/C=C\C/C=C\CCCCCCC. The van der Waals surface area contributed by atoms with Crippen LogP contribution in [0.2, 0.25) is 0 Å². The van der Waals surface area contributed by atoms with Crippen LogP contribution in [-0.4, -0.2) is 36.4 Å². The van der Waals surface area contributed by atoms with Crippen molar-refractivity contribution in [3.05, 3.63) is 85.1 Å². The average Bonchev–Trinajstić information content (AvgIpc) is 3.28. The van der Waals surface area contributed by atoms with Crippen molar-refractivity contribution in [2.45, 2.75) is 251 Å². The first-order chi connectivity index (χ1) is 30.6. The van der Waals surface area contributed by atoms with Crippen molar-refractivity contribution in [2.75, 3.05) is 13.2 Å². The van der Waals surface area contributed by atoms with Crippen molar-refractivity contribution < 1.29 is 24.2 Å². The largest absolute Gasteiger partial charge is 0.462 e. The molecule has 5 nitrogen and oxygen atoms in total. The van der Waals surface area contributed by atoms with Crippen molar-refractivity contribution in [1.29, 1.82) is 0 Å². The highest BCUT2D eigenvalue weighted by atomic mass is 16.6. The van der Waals surface area contributed by atoms with E-state index in [1.54, 1.807) is 0 Å². The van der Waals surface area contributed by atoms with E-state index in [4.69, 9.17) is 9.47 Å². The fourth-order valence-corrected chi connectivity index (χ4v) is 7.26. The maximum atomic E-state index is 12.3. The number of hydrogen-bond acceptors (Lipinski definition) is 5.